The molecule has 1 atom stereocenters. The summed E-state index contributed by atoms with van der Waals surface area (Å²) < 4.78 is 6.29. The molecular formula is C14H14N2OS. The Labute approximate surface area is 109 Å². The molecule has 3 rings (SSSR count). The van der Waals surface area contributed by atoms with E-state index >= 15 is 0 Å². The molecule has 4 heteroatoms. The predicted molar refractivity (Wildman–Crippen MR) is 73.6 cm³/mol. The number of nitrogens with zero attached hydrogens (tertiary/aromatic N) is 1. The Bertz CT molecular complexity index is 597. The molecule has 1 N–H and O–H groups in total. The van der Waals surface area contributed by atoms with Crippen molar-refractivity contribution in [1.29, 1.82) is 0 Å². The van der Waals surface area contributed by atoms with Gasteiger partial charge in [-0.05, 0) is 25.1 Å². The van der Waals surface area contributed by atoms with Gasteiger partial charge in [-0.3, -0.25) is 0 Å². The zero-order chi connectivity index (χ0) is 12.4. The molecule has 0 aliphatic heterocycles. The maximum Gasteiger partial charge on any atom is 0.111 e. The molecule has 0 saturated heterocycles. The summed E-state index contributed by atoms with van der Waals surface area (Å²) in [6.45, 7) is 2.94. The number of hydrogen-bond donors (Lipinski definition) is 1. The maximum atomic E-state index is 5.05. The van der Waals surface area contributed by atoms with Crippen molar-refractivity contribution >= 4 is 21.6 Å². The summed E-state index contributed by atoms with van der Waals surface area (Å²) in [7, 11) is 0. The van der Waals surface area contributed by atoms with Crippen molar-refractivity contribution in [1.82, 2.24) is 10.3 Å². The first-order valence-electron chi connectivity index (χ1n) is 5.93. The van der Waals surface area contributed by atoms with E-state index in [1.807, 2.05) is 18.2 Å². The Balaban J connectivity index is 1.73. The molecule has 92 valence electrons. The van der Waals surface area contributed by atoms with E-state index in [1.54, 1.807) is 23.9 Å². The highest BCUT2D eigenvalue weighted by Crippen LogP contribution is 2.26. The molecule has 0 radical (unpaired) electrons. The second-order valence-electron chi connectivity index (χ2n) is 4.25. The Morgan fingerprint density at radius 2 is 2.22 bits per heavy atom. The lowest BCUT2D eigenvalue weighted by atomic mass is 10.3. The van der Waals surface area contributed by atoms with Gasteiger partial charge in [0.05, 0.1) is 28.8 Å². The lowest BCUT2D eigenvalue weighted by Gasteiger charge is -2.09. The Kier molecular flexibility index (Phi) is 3.13. The average Bonchev–Trinajstić information content (AvgIpc) is 3.04. The minimum atomic E-state index is 0.248. The number of hydrogen-bond acceptors (Lipinski definition) is 4. The zero-order valence-corrected chi connectivity index (χ0v) is 10.9. The first-order chi connectivity index (χ1) is 8.83. The van der Waals surface area contributed by atoms with Crippen molar-refractivity contribution in [3.05, 3.63) is 53.4 Å². The fourth-order valence-corrected chi connectivity index (χ4v) is 2.82. The first-order valence-corrected chi connectivity index (χ1v) is 6.74. The van der Waals surface area contributed by atoms with Crippen molar-refractivity contribution in [2.45, 2.75) is 19.5 Å². The molecule has 0 fully saturated rings. The van der Waals surface area contributed by atoms with Crippen LogP contribution in [0, 0.1) is 0 Å². The highest BCUT2D eigenvalue weighted by Gasteiger charge is 2.10. The second kappa shape index (κ2) is 4.92. The van der Waals surface area contributed by atoms with Crippen LogP contribution < -0.4 is 5.32 Å². The van der Waals surface area contributed by atoms with Crippen molar-refractivity contribution in [2.24, 2.45) is 0 Å². The number of furan rings is 1. The van der Waals surface area contributed by atoms with Gasteiger partial charge >= 0.3 is 0 Å². The minimum absolute atomic E-state index is 0.248. The second-order valence-corrected chi connectivity index (χ2v) is 5.32. The van der Waals surface area contributed by atoms with Crippen LogP contribution in [-0.4, -0.2) is 4.98 Å². The molecule has 3 nitrogen and oxygen atoms in total. The van der Waals surface area contributed by atoms with Gasteiger partial charge in [-0.25, -0.2) is 4.98 Å². The smallest absolute Gasteiger partial charge is 0.111 e. The quantitative estimate of drug-likeness (QED) is 0.774. The average molecular weight is 258 g/mol. The molecule has 1 unspecified atom stereocenters. The fourth-order valence-electron chi connectivity index (χ4n) is 1.83. The molecule has 0 spiro atoms. The van der Waals surface area contributed by atoms with E-state index in [-0.39, 0.29) is 6.04 Å². The van der Waals surface area contributed by atoms with Gasteiger partial charge in [0, 0.05) is 12.1 Å². The highest BCUT2D eigenvalue weighted by molar-refractivity contribution is 7.18. The van der Waals surface area contributed by atoms with Gasteiger partial charge in [0.1, 0.15) is 5.01 Å². The Hall–Kier alpha value is -1.65. The van der Waals surface area contributed by atoms with Gasteiger partial charge in [0.15, 0.2) is 0 Å². The standard InChI is InChI=1S/C14H14N2OS/c1-10(15-8-11-6-7-17-9-11)14-16-12-4-2-3-5-13(12)18-14/h2-7,9-10,15H,8H2,1H3. The maximum absolute atomic E-state index is 5.05. The molecule has 0 saturated carbocycles. The van der Waals surface area contributed by atoms with E-state index in [2.05, 4.69) is 29.4 Å². The van der Waals surface area contributed by atoms with Crippen LogP contribution in [-0.2, 0) is 6.54 Å². The summed E-state index contributed by atoms with van der Waals surface area (Å²) in [6.07, 6.45) is 3.46. The summed E-state index contributed by atoms with van der Waals surface area (Å²) in [4.78, 5) is 4.65. The van der Waals surface area contributed by atoms with Crippen LogP contribution in [0.15, 0.2) is 47.3 Å². The Morgan fingerprint density at radius 1 is 1.33 bits per heavy atom. The van der Waals surface area contributed by atoms with Gasteiger partial charge in [-0.1, -0.05) is 12.1 Å². The molecule has 3 aromatic rings. The van der Waals surface area contributed by atoms with E-state index in [0.29, 0.717) is 0 Å². The van der Waals surface area contributed by atoms with Crippen LogP contribution in [0.25, 0.3) is 10.2 Å². The van der Waals surface area contributed by atoms with Crippen LogP contribution in [0.3, 0.4) is 0 Å². The van der Waals surface area contributed by atoms with Crippen LogP contribution in [0.1, 0.15) is 23.5 Å². The van der Waals surface area contributed by atoms with E-state index < -0.39 is 0 Å². The normalized spacial score (nSPS) is 12.9. The van der Waals surface area contributed by atoms with Crippen molar-refractivity contribution in [3.8, 4) is 0 Å². The molecule has 0 aliphatic carbocycles. The van der Waals surface area contributed by atoms with Gasteiger partial charge in [0.2, 0.25) is 0 Å². The predicted octanol–water partition coefficient (Wildman–Crippen LogP) is 3.74. The number of para-hydroxylation sites is 1. The molecule has 2 heterocycles. The number of benzene rings is 1. The number of fused-ring (bicyclic) bond motifs is 1. The Morgan fingerprint density at radius 3 is 3.00 bits per heavy atom. The molecule has 0 amide bonds. The van der Waals surface area contributed by atoms with Crippen molar-refractivity contribution in [2.75, 3.05) is 0 Å². The lowest BCUT2D eigenvalue weighted by molar-refractivity contribution is 0.546. The topological polar surface area (TPSA) is 38.1 Å². The van der Waals surface area contributed by atoms with Crippen molar-refractivity contribution < 1.29 is 4.42 Å². The molecular weight excluding hydrogens is 244 g/mol. The van der Waals surface area contributed by atoms with Crippen LogP contribution in [0.4, 0.5) is 0 Å². The van der Waals surface area contributed by atoms with Crippen molar-refractivity contribution in [3.63, 3.8) is 0 Å². The first kappa shape index (κ1) is 11.4. The van der Waals surface area contributed by atoms with E-state index in [0.717, 1.165) is 22.6 Å². The van der Waals surface area contributed by atoms with Crippen LogP contribution in [0.2, 0.25) is 0 Å². The van der Waals surface area contributed by atoms with Gasteiger partial charge in [-0.2, -0.15) is 0 Å². The molecule has 1 aromatic carbocycles. The largest absolute Gasteiger partial charge is 0.472 e. The van der Waals surface area contributed by atoms with Gasteiger partial charge in [-0.15, -0.1) is 11.3 Å². The summed E-state index contributed by atoms with van der Waals surface area (Å²) in [5.41, 5.74) is 2.23. The summed E-state index contributed by atoms with van der Waals surface area (Å²) in [5, 5.41) is 4.57. The van der Waals surface area contributed by atoms with Crippen LogP contribution >= 0.6 is 11.3 Å². The lowest BCUT2D eigenvalue weighted by Crippen LogP contribution is -2.17. The van der Waals surface area contributed by atoms with E-state index in [9.17, 15) is 0 Å². The third kappa shape index (κ3) is 2.30. The molecule has 2 aromatic heterocycles. The summed E-state index contributed by atoms with van der Waals surface area (Å²) >= 11 is 1.75. The SMILES string of the molecule is CC(NCc1ccoc1)c1nc2ccccc2s1. The third-order valence-corrected chi connectivity index (χ3v) is 4.09. The number of thiazole rings is 1. The summed E-state index contributed by atoms with van der Waals surface area (Å²) in [5.74, 6) is 0. The van der Waals surface area contributed by atoms with E-state index in [4.69, 9.17) is 4.42 Å². The third-order valence-electron chi connectivity index (χ3n) is 2.87. The fraction of sp³-hybridized carbons (Fsp3) is 0.214. The highest BCUT2D eigenvalue weighted by atomic mass is 32.1. The molecule has 0 bridgehead atoms. The summed E-state index contributed by atoms with van der Waals surface area (Å²) in [6, 6.07) is 10.5. The van der Waals surface area contributed by atoms with Gasteiger partial charge < -0.3 is 9.73 Å². The minimum Gasteiger partial charge on any atom is -0.472 e. The monoisotopic (exact) mass is 258 g/mol. The molecule has 18 heavy (non-hydrogen) atoms. The van der Waals surface area contributed by atoms with E-state index in [1.165, 1.54) is 4.70 Å². The molecule has 0 aliphatic rings. The number of aromatic nitrogens is 1. The van der Waals surface area contributed by atoms with Gasteiger partial charge in [0.25, 0.3) is 0 Å². The number of rotatable bonds is 4. The number of nitrogens with one attached hydrogen (secondary N) is 1. The zero-order valence-electron chi connectivity index (χ0n) is 10.1. The van der Waals surface area contributed by atoms with Crippen LogP contribution in [0.5, 0.6) is 0 Å².